The first-order valence-corrected chi connectivity index (χ1v) is 10.4. The highest BCUT2D eigenvalue weighted by Gasteiger charge is 2.32. The minimum absolute atomic E-state index is 0.0361. The molecule has 154 valence electrons. The summed E-state index contributed by atoms with van der Waals surface area (Å²) in [6.45, 7) is 6.60. The molecule has 0 saturated carbocycles. The fourth-order valence-electron chi connectivity index (χ4n) is 4.04. The highest BCUT2D eigenvalue weighted by atomic mass is 16.5. The minimum atomic E-state index is -0.397. The summed E-state index contributed by atoms with van der Waals surface area (Å²) in [5.41, 5.74) is 2.43. The summed E-state index contributed by atoms with van der Waals surface area (Å²) in [5.74, 6) is 0.648. The van der Waals surface area contributed by atoms with Crippen molar-refractivity contribution in [1.29, 1.82) is 0 Å². The molecular weight excluding hydrogens is 354 g/mol. The number of aryl methyl sites for hydroxylation is 1. The van der Waals surface area contributed by atoms with E-state index >= 15 is 0 Å². The molecule has 1 atom stereocenters. The van der Waals surface area contributed by atoms with Crippen LogP contribution in [0.3, 0.4) is 0 Å². The molecule has 2 aliphatic rings. The summed E-state index contributed by atoms with van der Waals surface area (Å²) in [7, 11) is 1.86. The van der Waals surface area contributed by atoms with Crippen molar-refractivity contribution in [3.63, 3.8) is 0 Å². The highest BCUT2D eigenvalue weighted by molar-refractivity contribution is 5.88. The number of amides is 2. The van der Waals surface area contributed by atoms with Gasteiger partial charge < -0.3 is 15.0 Å². The lowest BCUT2D eigenvalue weighted by Crippen LogP contribution is -2.56. The molecule has 28 heavy (non-hydrogen) atoms. The Hall–Kier alpha value is -1.92. The zero-order chi connectivity index (χ0) is 19.9. The predicted octanol–water partition coefficient (Wildman–Crippen LogP) is 1.96. The quantitative estimate of drug-likeness (QED) is 0.777. The Bertz CT molecular complexity index is 673. The molecule has 0 unspecified atom stereocenters. The third-order valence-electron chi connectivity index (χ3n) is 6.08. The van der Waals surface area contributed by atoms with E-state index in [9.17, 15) is 9.59 Å². The van der Waals surface area contributed by atoms with Gasteiger partial charge in [0.15, 0.2) is 0 Å². The van der Waals surface area contributed by atoms with Crippen LogP contribution in [0.25, 0.3) is 0 Å². The van der Waals surface area contributed by atoms with E-state index in [4.69, 9.17) is 4.74 Å². The highest BCUT2D eigenvalue weighted by Crippen LogP contribution is 2.20. The summed E-state index contributed by atoms with van der Waals surface area (Å²) in [6, 6.07) is 7.84. The monoisotopic (exact) mass is 387 g/mol. The molecule has 1 aromatic rings. The zero-order valence-corrected chi connectivity index (χ0v) is 17.2. The number of carbonyl (C=O) groups excluding carboxylic acids is 2. The Kier molecular flexibility index (Phi) is 7.45. The van der Waals surface area contributed by atoms with Crippen LogP contribution in [0, 0.1) is 12.8 Å². The van der Waals surface area contributed by atoms with E-state index in [1.807, 2.05) is 19.2 Å². The molecule has 2 fully saturated rings. The number of hydrogen-bond acceptors (Lipinski definition) is 4. The van der Waals surface area contributed by atoms with Crippen LogP contribution in [-0.4, -0.2) is 67.6 Å². The largest absolute Gasteiger partial charge is 0.381 e. The molecule has 6 heteroatoms. The number of piperazine rings is 1. The lowest BCUT2D eigenvalue weighted by molar-refractivity contribution is -0.138. The molecule has 2 saturated heterocycles. The second-order valence-electron chi connectivity index (χ2n) is 8.07. The normalized spacial score (nSPS) is 21.4. The maximum absolute atomic E-state index is 12.8. The number of nitrogens with zero attached hydrogens (tertiary/aromatic N) is 2. The van der Waals surface area contributed by atoms with Gasteiger partial charge in [0.25, 0.3) is 0 Å². The Morgan fingerprint density at radius 3 is 2.79 bits per heavy atom. The van der Waals surface area contributed by atoms with Crippen LogP contribution in [0.2, 0.25) is 0 Å². The first-order valence-electron chi connectivity index (χ1n) is 10.4. The molecule has 6 nitrogen and oxygen atoms in total. The van der Waals surface area contributed by atoms with Crippen LogP contribution in [0.1, 0.15) is 36.8 Å². The van der Waals surface area contributed by atoms with Gasteiger partial charge in [-0.3, -0.25) is 14.5 Å². The van der Waals surface area contributed by atoms with Crippen LogP contribution in [0.4, 0.5) is 0 Å². The number of nitrogens with one attached hydrogen (secondary N) is 1. The number of ether oxygens (including phenoxy) is 1. The third-order valence-corrected chi connectivity index (χ3v) is 6.08. The Morgan fingerprint density at radius 2 is 2.04 bits per heavy atom. The van der Waals surface area contributed by atoms with Crippen LogP contribution in [-0.2, 0) is 20.9 Å². The number of hydrogen-bond donors (Lipinski definition) is 1. The van der Waals surface area contributed by atoms with Gasteiger partial charge in [-0.1, -0.05) is 24.3 Å². The van der Waals surface area contributed by atoms with Crippen LogP contribution < -0.4 is 5.32 Å². The summed E-state index contributed by atoms with van der Waals surface area (Å²) in [5, 5.41) is 2.93. The molecule has 0 aliphatic carbocycles. The molecule has 2 heterocycles. The molecule has 0 bridgehead atoms. The SMILES string of the molecule is Cc1ccccc1CN1CCNC(=O)[C@@H]1CC(=O)N(C)CCC1CCOCC1. The van der Waals surface area contributed by atoms with Gasteiger partial charge in [-0.25, -0.2) is 0 Å². The van der Waals surface area contributed by atoms with E-state index in [0.29, 0.717) is 19.0 Å². The van der Waals surface area contributed by atoms with Gasteiger partial charge in [-0.15, -0.1) is 0 Å². The van der Waals surface area contributed by atoms with Crippen molar-refractivity contribution in [3.8, 4) is 0 Å². The van der Waals surface area contributed by atoms with Gasteiger partial charge in [0.1, 0.15) is 0 Å². The molecule has 2 aliphatic heterocycles. The predicted molar refractivity (Wildman–Crippen MR) is 109 cm³/mol. The summed E-state index contributed by atoms with van der Waals surface area (Å²) in [6.07, 6.45) is 3.41. The van der Waals surface area contributed by atoms with Crippen LogP contribution in [0.15, 0.2) is 24.3 Å². The van der Waals surface area contributed by atoms with E-state index in [1.165, 1.54) is 11.1 Å². The first-order chi connectivity index (χ1) is 13.5. The van der Waals surface area contributed by atoms with E-state index in [2.05, 4.69) is 29.3 Å². The summed E-state index contributed by atoms with van der Waals surface area (Å²) >= 11 is 0. The molecule has 1 aromatic carbocycles. The Morgan fingerprint density at radius 1 is 1.29 bits per heavy atom. The second kappa shape index (κ2) is 10.0. The zero-order valence-electron chi connectivity index (χ0n) is 17.2. The van der Waals surface area contributed by atoms with Gasteiger partial charge in [-0.2, -0.15) is 0 Å². The van der Waals surface area contributed by atoms with Gasteiger partial charge in [-0.05, 0) is 43.2 Å². The maximum Gasteiger partial charge on any atom is 0.237 e. The molecule has 1 N–H and O–H groups in total. The van der Waals surface area contributed by atoms with Gasteiger partial charge >= 0.3 is 0 Å². The van der Waals surface area contributed by atoms with Crippen molar-refractivity contribution in [2.45, 2.75) is 45.2 Å². The van der Waals surface area contributed by atoms with Crippen molar-refractivity contribution in [2.24, 2.45) is 5.92 Å². The number of carbonyl (C=O) groups is 2. The number of rotatable bonds is 7. The van der Waals surface area contributed by atoms with Crippen LogP contribution in [0.5, 0.6) is 0 Å². The van der Waals surface area contributed by atoms with E-state index in [0.717, 1.165) is 45.6 Å². The van der Waals surface area contributed by atoms with Crippen LogP contribution >= 0.6 is 0 Å². The van der Waals surface area contributed by atoms with E-state index in [-0.39, 0.29) is 18.2 Å². The average Bonchev–Trinajstić information content (AvgIpc) is 2.71. The smallest absolute Gasteiger partial charge is 0.237 e. The Labute approximate surface area is 168 Å². The summed E-state index contributed by atoms with van der Waals surface area (Å²) in [4.78, 5) is 29.2. The lowest BCUT2D eigenvalue weighted by atomic mass is 9.96. The maximum atomic E-state index is 12.8. The Balaban J connectivity index is 1.56. The van der Waals surface area contributed by atoms with Crippen molar-refractivity contribution in [3.05, 3.63) is 35.4 Å². The molecule has 0 spiro atoms. The molecule has 0 aromatic heterocycles. The van der Waals surface area contributed by atoms with Gasteiger partial charge in [0, 0.05) is 46.4 Å². The summed E-state index contributed by atoms with van der Waals surface area (Å²) < 4.78 is 5.40. The first kappa shape index (κ1) is 20.8. The molecule has 3 rings (SSSR count). The topological polar surface area (TPSA) is 61.9 Å². The van der Waals surface area contributed by atoms with E-state index < -0.39 is 6.04 Å². The fourth-order valence-corrected chi connectivity index (χ4v) is 4.04. The molecular formula is C22H33N3O3. The molecule has 2 amide bonds. The van der Waals surface area contributed by atoms with Crippen molar-refractivity contribution >= 4 is 11.8 Å². The van der Waals surface area contributed by atoms with Crippen molar-refractivity contribution in [1.82, 2.24) is 15.1 Å². The van der Waals surface area contributed by atoms with E-state index in [1.54, 1.807) is 4.90 Å². The number of benzene rings is 1. The standard InChI is InChI=1S/C22H33N3O3/c1-17-5-3-4-6-19(17)16-25-12-10-23-22(27)20(25)15-21(26)24(2)11-7-18-8-13-28-14-9-18/h3-6,18,20H,7-16H2,1-2H3,(H,23,27)/t20-/m0/s1. The fraction of sp³-hybridized carbons (Fsp3) is 0.636. The average molecular weight is 388 g/mol. The second-order valence-corrected chi connectivity index (χ2v) is 8.07. The van der Waals surface area contributed by atoms with Gasteiger partial charge in [0.2, 0.25) is 11.8 Å². The van der Waals surface area contributed by atoms with Gasteiger partial charge in [0.05, 0.1) is 12.5 Å². The minimum Gasteiger partial charge on any atom is -0.381 e. The lowest BCUT2D eigenvalue weighted by Gasteiger charge is -2.36. The van der Waals surface area contributed by atoms with Crippen molar-refractivity contribution < 1.29 is 14.3 Å². The molecule has 0 radical (unpaired) electrons. The third kappa shape index (κ3) is 5.55. The van der Waals surface area contributed by atoms with Crippen molar-refractivity contribution in [2.75, 3.05) is 39.9 Å².